The highest BCUT2D eigenvalue weighted by molar-refractivity contribution is 6.00. The summed E-state index contributed by atoms with van der Waals surface area (Å²) in [5.74, 6) is 0.300. The average molecular weight is 311 g/mol. The Balaban J connectivity index is 0.00000161. The number of pyridine rings is 1. The molecular weight excluding hydrogens is 292 g/mol. The van der Waals surface area contributed by atoms with Crippen LogP contribution in [0, 0.1) is 0 Å². The van der Waals surface area contributed by atoms with E-state index in [4.69, 9.17) is 0 Å². The molecule has 2 saturated heterocycles. The van der Waals surface area contributed by atoms with E-state index in [9.17, 15) is 9.59 Å². The Labute approximate surface area is 129 Å². The second-order valence-electron chi connectivity index (χ2n) is 5.19. The standard InChI is InChI=1S/C14H18N4O2.ClH/c19-13-4-2-11(14(20)17-13)10-1-3-12(16-9-10)18-7-5-15-6-8-18;/h1,3,9,11,15H,2,4-8H2,(H,17,19,20);1H. The van der Waals surface area contributed by atoms with E-state index in [2.05, 4.69) is 20.5 Å². The highest BCUT2D eigenvalue weighted by Crippen LogP contribution is 2.25. The van der Waals surface area contributed by atoms with Crippen LogP contribution in [0.1, 0.15) is 24.3 Å². The van der Waals surface area contributed by atoms with E-state index in [0.717, 1.165) is 37.6 Å². The molecule has 0 aliphatic carbocycles. The Hall–Kier alpha value is -1.66. The molecule has 0 bridgehead atoms. The van der Waals surface area contributed by atoms with Gasteiger partial charge in [0.05, 0.1) is 5.92 Å². The molecule has 2 aliphatic rings. The molecule has 3 heterocycles. The van der Waals surface area contributed by atoms with Crippen molar-refractivity contribution < 1.29 is 9.59 Å². The van der Waals surface area contributed by atoms with E-state index < -0.39 is 0 Å². The summed E-state index contributed by atoms with van der Waals surface area (Å²) < 4.78 is 0. The number of piperidine rings is 1. The second kappa shape index (κ2) is 6.87. The molecule has 0 spiro atoms. The number of carbonyl (C=O) groups excluding carboxylic acids is 2. The van der Waals surface area contributed by atoms with Crippen molar-refractivity contribution in [3.63, 3.8) is 0 Å². The van der Waals surface area contributed by atoms with Crippen molar-refractivity contribution in [2.45, 2.75) is 18.8 Å². The van der Waals surface area contributed by atoms with Crippen LogP contribution in [0.3, 0.4) is 0 Å². The first-order valence-electron chi connectivity index (χ1n) is 6.99. The maximum Gasteiger partial charge on any atom is 0.234 e. The molecule has 2 amide bonds. The van der Waals surface area contributed by atoms with Crippen LogP contribution in [0.25, 0.3) is 0 Å². The summed E-state index contributed by atoms with van der Waals surface area (Å²) in [5.41, 5.74) is 0.883. The Bertz CT molecular complexity index is 514. The largest absolute Gasteiger partial charge is 0.354 e. The first-order valence-corrected chi connectivity index (χ1v) is 6.99. The maximum absolute atomic E-state index is 11.8. The van der Waals surface area contributed by atoms with Gasteiger partial charge in [0.25, 0.3) is 0 Å². The lowest BCUT2D eigenvalue weighted by Gasteiger charge is -2.28. The van der Waals surface area contributed by atoms with Crippen molar-refractivity contribution in [2.24, 2.45) is 0 Å². The minimum Gasteiger partial charge on any atom is -0.354 e. The van der Waals surface area contributed by atoms with Crippen LogP contribution in [-0.4, -0.2) is 43.0 Å². The van der Waals surface area contributed by atoms with Gasteiger partial charge in [0.15, 0.2) is 0 Å². The van der Waals surface area contributed by atoms with Crippen LogP contribution in [0.5, 0.6) is 0 Å². The molecule has 7 heteroatoms. The van der Waals surface area contributed by atoms with E-state index in [0.29, 0.717) is 12.8 Å². The number of nitrogens with zero attached hydrogens (tertiary/aromatic N) is 2. The van der Waals surface area contributed by atoms with Crippen molar-refractivity contribution >= 4 is 30.0 Å². The molecule has 1 aromatic rings. The zero-order chi connectivity index (χ0) is 13.9. The number of hydrogen-bond acceptors (Lipinski definition) is 5. The summed E-state index contributed by atoms with van der Waals surface area (Å²) in [6.45, 7) is 3.84. The molecule has 114 valence electrons. The van der Waals surface area contributed by atoms with E-state index in [1.165, 1.54) is 0 Å². The number of halogens is 1. The highest BCUT2D eigenvalue weighted by Gasteiger charge is 2.28. The third-order valence-electron chi connectivity index (χ3n) is 3.85. The molecule has 1 unspecified atom stereocenters. The molecule has 1 atom stereocenters. The molecule has 3 rings (SSSR count). The van der Waals surface area contributed by atoms with Crippen LogP contribution in [0.15, 0.2) is 18.3 Å². The van der Waals surface area contributed by atoms with Crippen LogP contribution < -0.4 is 15.5 Å². The van der Waals surface area contributed by atoms with Crippen LogP contribution in [0.4, 0.5) is 5.82 Å². The van der Waals surface area contributed by atoms with Crippen molar-refractivity contribution in [3.05, 3.63) is 23.9 Å². The van der Waals surface area contributed by atoms with Crippen molar-refractivity contribution in [1.29, 1.82) is 0 Å². The van der Waals surface area contributed by atoms with Crippen molar-refractivity contribution in [1.82, 2.24) is 15.6 Å². The number of carbonyl (C=O) groups is 2. The number of imide groups is 1. The first kappa shape index (κ1) is 15.7. The smallest absolute Gasteiger partial charge is 0.234 e. The summed E-state index contributed by atoms with van der Waals surface area (Å²) in [5, 5.41) is 5.68. The number of aromatic nitrogens is 1. The molecule has 0 aromatic carbocycles. The monoisotopic (exact) mass is 310 g/mol. The fourth-order valence-electron chi connectivity index (χ4n) is 2.70. The number of amides is 2. The summed E-state index contributed by atoms with van der Waals surface area (Å²) in [6, 6.07) is 3.91. The van der Waals surface area contributed by atoms with Gasteiger partial charge < -0.3 is 10.2 Å². The second-order valence-corrected chi connectivity index (χ2v) is 5.19. The van der Waals surface area contributed by atoms with Gasteiger partial charge in [0.1, 0.15) is 5.82 Å². The van der Waals surface area contributed by atoms with Gasteiger partial charge in [-0.1, -0.05) is 6.07 Å². The molecule has 1 aromatic heterocycles. The lowest BCUT2D eigenvalue weighted by atomic mass is 9.92. The first-order chi connectivity index (χ1) is 9.74. The lowest BCUT2D eigenvalue weighted by Crippen LogP contribution is -2.44. The minimum absolute atomic E-state index is 0. The summed E-state index contributed by atoms with van der Waals surface area (Å²) >= 11 is 0. The van der Waals surface area contributed by atoms with Gasteiger partial charge >= 0.3 is 0 Å². The van der Waals surface area contributed by atoms with Gasteiger partial charge in [-0.05, 0) is 18.1 Å². The van der Waals surface area contributed by atoms with Crippen molar-refractivity contribution in [2.75, 3.05) is 31.1 Å². The lowest BCUT2D eigenvalue weighted by molar-refractivity contribution is -0.134. The predicted molar refractivity (Wildman–Crippen MR) is 81.7 cm³/mol. The average Bonchev–Trinajstić information content (AvgIpc) is 2.48. The molecule has 21 heavy (non-hydrogen) atoms. The summed E-state index contributed by atoms with van der Waals surface area (Å²) in [6.07, 6.45) is 2.73. The summed E-state index contributed by atoms with van der Waals surface area (Å²) in [7, 11) is 0. The van der Waals surface area contributed by atoms with E-state index >= 15 is 0 Å². The Kier molecular flexibility index (Phi) is 5.14. The van der Waals surface area contributed by atoms with E-state index in [1.54, 1.807) is 6.20 Å². The Morgan fingerprint density at radius 3 is 2.57 bits per heavy atom. The zero-order valence-corrected chi connectivity index (χ0v) is 12.5. The van der Waals surface area contributed by atoms with E-state index in [-0.39, 0.29) is 30.1 Å². The molecular formula is C14H19ClN4O2. The quantitative estimate of drug-likeness (QED) is 0.775. The number of nitrogens with one attached hydrogen (secondary N) is 2. The van der Waals surface area contributed by atoms with Gasteiger partial charge in [0, 0.05) is 38.8 Å². The molecule has 2 fully saturated rings. The van der Waals surface area contributed by atoms with Gasteiger partial charge in [-0.25, -0.2) is 4.98 Å². The number of anilines is 1. The SMILES string of the molecule is Cl.O=C1CCC(c2ccc(N3CCNCC3)nc2)C(=O)N1. The minimum atomic E-state index is -0.253. The highest BCUT2D eigenvalue weighted by atomic mass is 35.5. The molecule has 6 nitrogen and oxygen atoms in total. The number of piperazine rings is 1. The van der Waals surface area contributed by atoms with Gasteiger partial charge in [-0.2, -0.15) is 0 Å². The van der Waals surface area contributed by atoms with Crippen LogP contribution in [-0.2, 0) is 9.59 Å². The van der Waals surface area contributed by atoms with E-state index in [1.807, 2.05) is 12.1 Å². The van der Waals surface area contributed by atoms with Gasteiger partial charge in [0.2, 0.25) is 11.8 Å². The summed E-state index contributed by atoms with van der Waals surface area (Å²) in [4.78, 5) is 29.7. The third-order valence-corrected chi connectivity index (χ3v) is 3.85. The third kappa shape index (κ3) is 3.51. The fourth-order valence-corrected chi connectivity index (χ4v) is 2.70. The topological polar surface area (TPSA) is 74.3 Å². The maximum atomic E-state index is 11.8. The van der Waals surface area contributed by atoms with Crippen molar-refractivity contribution in [3.8, 4) is 0 Å². The molecule has 0 radical (unpaired) electrons. The Morgan fingerprint density at radius 2 is 1.95 bits per heavy atom. The normalized spacial score (nSPS) is 22.5. The number of rotatable bonds is 2. The van der Waals surface area contributed by atoms with Crippen LogP contribution >= 0.6 is 12.4 Å². The predicted octanol–water partition coefficient (Wildman–Crippen LogP) is 0.433. The van der Waals surface area contributed by atoms with Gasteiger partial charge in [-0.15, -0.1) is 12.4 Å². The van der Waals surface area contributed by atoms with Crippen LogP contribution in [0.2, 0.25) is 0 Å². The number of hydrogen-bond donors (Lipinski definition) is 2. The Morgan fingerprint density at radius 1 is 1.19 bits per heavy atom. The van der Waals surface area contributed by atoms with Gasteiger partial charge in [-0.3, -0.25) is 14.9 Å². The molecule has 2 N–H and O–H groups in total. The fraction of sp³-hybridized carbons (Fsp3) is 0.500. The zero-order valence-electron chi connectivity index (χ0n) is 11.7. The molecule has 2 aliphatic heterocycles. The molecule has 0 saturated carbocycles.